The van der Waals surface area contributed by atoms with E-state index in [2.05, 4.69) is 5.32 Å². The summed E-state index contributed by atoms with van der Waals surface area (Å²) in [6.07, 6.45) is -0.446. The maximum Gasteiger partial charge on any atom is 0.411 e. The molecule has 3 N–H and O–H groups in total. The van der Waals surface area contributed by atoms with Gasteiger partial charge in [-0.25, -0.2) is 4.79 Å². The van der Waals surface area contributed by atoms with Crippen molar-refractivity contribution in [2.24, 2.45) is 5.73 Å². The van der Waals surface area contributed by atoms with Gasteiger partial charge in [-0.05, 0) is 31.0 Å². The van der Waals surface area contributed by atoms with Crippen LogP contribution in [-0.2, 0) is 11.3 Å². The zero-order valence-corrected chi connectivity index (χ0v) is 9.04. The summed E-state index contributed by atoms with van der Waals surface area (Å²) >= 11 is 0. The van der Waals surface area contributed by atoms with Crippen molar-refractivity contribution < 1.29 is 9.53 Å². The van der Waals surface area contributed by atoms with Gasteiger partial charge in [0.05, 0.1) is 6.61 Å². The number of carbonyl (C=O) groups excluding carboxylic acids is 1. The maximum atomic E-state index is 11.2. The smallest absolute Gasteiger partial charge is 0.411 e. The highest BCUT2D eigenvalue weighted by atomic mass is 16.5. The van der Waals surface area contributed by atoms with E-state index in [1.807, 2.05) is 25.1 Å². The minimum absolute atomic E-state index is 0.357. The van der Waals surface area contributed by atoms with E-state index >= 15 is 0 Å². The van der Waals surface area contributed by atoms with Gasteiger partial charge in [0, 0.05) is 12.2 Å². The first-order chi connectivity index (χ1) is 7.19. The third-order valence-corrected chi connectivity index (χ3v) is 2.13. The Morgan fingerprint density at radius 3 is 2.87 bits per heavy atom. The molecule has 4 nitrogen and oxygen atoms in total. The van der Waals surface area contributed by atoms with Crippen LogP contribution in [0.5, 0.6) is 0 Å². The molecular formula is C11H16N2O2. The highest BCUT2D eigenvalue weighted by Crippen LogP contribution is 2.18. The van der Waals surface area contributed by atoms with Crippen molar-refractivity contribution in [3.63, 3.8) is 0 Å². The molecule has 0 saturated heterocycles. The molecule has 0 heterocycles. The van der Waals surface area contributed by atoms with Gasteiger partial charge in [-0.3, -0.25) is 5.32 Å². The lowest BCUT2D eigenvalue weighted by atomic mass is 10.1. The summed E-state index contributed by atoms with van der Waals surface area (Å²) in [5.41, 5.74) is 8.33. The Labute approximate surface area is 89.4 Å². The van der Waals surface area contributed by atoms with Crippen molar-refractivity contribution in [2.75, 3.05) is 11.9 Å². The number of hydrogen-bond donors (Lipinski definition) is 2. The van der Waals surface area contributed by atoms with Crippen molar-refractivity contribution in [2.45, 2.75) is 20.4 Å². The summed E-state index contributed by atoms with van der Waals surface area (Å²) < 4.78 is 4.79. The number of benzene rings is 1. The molecule has 0 radical (unpaired) electrons. The monoisotopic (exact) mass is 208 g/mol. The molecule has 0 unspecified atom stereocenters. The molecule has 0 fully saturated rings. The highest BCUT2D eigenvalue weighted by Gasteiger charge is 2.07. The Bertz CT molecular complexity index is 350. The number of nitrogens with two attached hydrogens (primary N) is 1. The number of carbonyl (C=O) groups is 1. The molecule has 15 heavy (non-hydrogen) atoms. The quantitative estimate of drug-likeness (QED) is 0.798. The van der Waals surface area contributed by atoms with Crippen molar-refractivity contribution >= 4 is 11.8 Å². The molecule has 1 amide bonds. The Kier molecular flexibility index (Phi) is 4.12. The Balaban J connectivity index is 2.84. The van der Waals surface area contributed by atoms with E-state index < -0.39 is 6.09 Å². The molecule has 1 aromatic carbocycles. The zero-order chi connectivity index (χ0) is 11.3. The van der Waals surface area contributed by atoms with E-state index in [0.717, 1.165) is 16.8 Å². The zero-order valence-electron chi connectivity index (χ0n) is 9.04. The fourth-order valence-electron chi connectivity index (χ4n) is 1.37. The summed E-state index contributed by atoms with van der Waals surface area (Å²) in [7, 11) is 0. The fourth-order valence-corrected chi connectivity index (χ4v) is 1.37. The van der Waals surface area contributed by atoms with Crippen LogP contribution in [0, 0.1) is 6.92 Å². The molecule has 0 saturated carbocycles. The second-order valence-electron chi connectivity index (χ2n) is 3.15. The third-order valence-electron chi connectivity index (χ3n) is 2.13. The number of amides is 1. The first kappa shape index (κ1) is 11.5. The van der Waals surface area contributed by atoms with Crippen LogP contribution in [0.4, 0.5) is 10.5 Å². The van der Waals surface area contributed by atoms with E-state index in [1.165, 1.54) is 0 Å². The third kappa shape index (κ3) is 2.95. The second kappa shape index (κ2) is 5.36. The van der Waals surface area contributed by atoms with Gasteiger partial charge in [0.2, 0.25) is 0 Å². The SMILES string of the molecule is CCOC(=O)Nc1cccc(C)c1CN. The normalized spacial score (nSPS) is 9.80. The van der Waals surface area contributed by atoms with Gasteiger partial charge in [-0.1, -0.05) is 12.1 Å². The largest absolute Gasteiger partial charge is 0.450 e. The number of ether oxygens (including phenoxy) is 1. The van der Waals surface area contributed by atoms with Gasteiger partial charge in [0.1, 0.15) is 0 Å². The molecule has 1 aromatic rings. The van der Waals surface area contributed by atoms with Crippen LogP contribution in [0.1, 0.15) is 18.1 Å². The number of hydrogen-bond acceptors (Lipinski definition) is 3. The molecule has 0 bridgehead atoms. The number of rotatable bonds is 3. The molecule has 0 aliphatic rings. The van der Waals surface area contributed by atoms with E-state index in [9.17, 15) is 4.79 Å². The highest BCUT2D eigenvalue weighted by molar-refractivity contribution is 5.85. The van der Waals surface area contributed by atoms with Crippen molar-refractivity contribution in [1.29, 1.82) is 0 Å². The topological polar surface area (TPSA) is 64.3 Å². The average molecular weight is 208 g/mol. The van der Waals surface area contributed by atoms with Crippen LogP contribution in [0.25, 0.3) is 0 Å². The second-order valence-corrected chi connectivity index (χ2v) is 3.15. The van der Waals surface area contributed by atoms with Crippen molar-refractivity contribution in [3.8, 4) is 0 Å². The van der Waals surface area contributed by atoms with E-state index in [4.69, 9.17) is 10.5 Å². The average Bonchev–Trinajstić information content (AvgIpc) is 2.18. The lowest BCUT2D eigenvalue weighted by Crippen LogP contribution is -2.16. The number of aryl methyl sites for hydroxylation is 1. The molecule has 82 valence electrons. The van der Waals surface area contributed by atoms with Crippen LogP contribution < -0.4 is 11.1 Å². The summed E-state index contributed by atoms with van der Waals surface area (Å²) in [4.78, 5) is 11.2. The maximum absolute atomic E-state index is 11.2. The summed E-state index contributed by atoms with van der Waals surface area (Å²) in [5.74, 6) is 0. The molecule has 0 aromatic heterocycles. The summed E-state index contributed by atoms with van der Waals surface area (Å²) in [6, 6.07) is 5.64. The van der Waals surface area contributed by atoms with Crippen LogP contribution in [-0.4, -0.2) is 12.7 Å². The molecular weight excluding hydrogens is 192 g/mol. The Hall–Kier alpha value is -1.55. The van der Waals surface area contributed by atoms with Crippen LogP contribution >= 0.6 is 0 Å². The van der Waals surface area contributed by atoms with Gasteiger partial charge < -0.3 is 10.5 Å². The van der Waals surface area contributed by atoms with Crippen molar-refractivity contribution in [1.82, 2.24) is 0 Å². The fraction of sp³-hybridized carbons (Fsp3) is 0.364. The van der Waals surface area contributed by atoms with Crippen LogP contribution in [0.3, 0.4) is 0 Å². The van der Waals surface area contributed by atoms with Crippen LogP contribution in [0.2, 0.25) is 0 Å². The molecule has 1 rings (SSSR count). The lowest BCUT2D eigenvalue weighted by Gasteiger charge is -2.11. The lowest BCUT2D eigenvalue weighted by molar-refractivity contribution is 0.168. The number of nitrogens with one attached hydrogen (secondary N) is 1. The first-order valence-electron chi connectivity index (χ1n) is 4.91. The Morgan fingerprint density at radius 2 is 2.27 bits per heavy atom. The molecule has 0 atom stereocenters. The molecule has 4 heteroatoms. The molecule has 0 aliphatic carbocycles. The summed E-state index contributed by atoms with van der Waals surface area (Å²) in [5, 5.41) is 2.66. The van der Waals surface area contributed by atoms with Gasteiger partial charge >= 0.3 is 6.09 Å². The Morgan fingerprint density at radius 1 is 1.53 bits per heavy atom. The minimum Gasteiger partial charge on any atom is -0.450 e. The van der Waals surface area contributed by atoms with E-state index in [-0.39, 0.29) is 0 Å². The standard InChI is InChI=1S/C11H16N2O2/c1-3-15-11(14)13-10-6-4-5-8(2)9(10)7-12/h4-6H,3,7,12H2,1-2H3,(H,13,14). The van der Waals surface area contributed by atoms with Gasteiger partial charge in [-0.2, -0.15) is 0 Å². The van der Waals surface area contributed by atoms with E-state index in [0.29, 0.717) is 13.2 Å². The molecule has 0 spiro atoms. The summed E-state index contributed by atoms with van der Waals surface area (Å²) in [6.45, 7) is 4.47. The van der Waals surface area contributed by atoms with Gasteiger partial charge in [0.15, 0.2) is 0 Å². The van der Waals surface area contributed by atoms with Crippen LogP contribution in [0.15, 0.2) is 18.2 Å². The van der Waals surface area contributed by atoms with Gasteiger partial charge in [-0.15, -0.1) is 0 Å². The van der Waals surface area contributed by atoms with Gasteiger partial charge in [0.25, 0.3) is 0 Å². The predicted octanol–water partition coefficient (Wildman–Crippen LogP) is 2.02. The minimum atomic E-state index is -0.446. The predicted molar refractivity (Wildman–Crippen MR) is 59.7 cm³/mol. The number of anilines is 1. The first-order valence-corrected chi connectivity index (χ1v) is 4.91. The van der Waals surface area contributed by atoms with E-state index in [1.54, 1.807) is 6.92 Å². The molecule has 0 aliphatic heterocycles. The van der Waals surface area contributed by atoms with Crippen molar-refractivity contribution in [3.05, 3.63) is 29.3 Å².